The highest BCUT2D eigenvalue weighted by molar-refractivity contribution is 9.11. The summed E-state index contributed by atoms with van der Waals surface area (Å²) >= 11 is 6.98. The number of hydrogen-bond acceptors (Lipinski definition) is 2. The maximum absolute atomic E-state index is 12.9. The molecule has 2 rings (SSSR count). The van der Waals surface area contributed by atoms with Crippen molar-refractivity contribution in [1.82, 2.24) is 5.32 Å². The molecule has 1 aromatic rings. The standard InChI is InChI=1S/C15H18Br2N2O2/c1-15(2,3)13-14(21)19(8-7-11(20)18-13)12-9(16)5-4-6-10(12)17/h4-6,13H,7-8H2,1-3H3,(H,18,20). The molecule has 114 valence electrons. The maximum atomic E-state index is 12.9. The molecule has 1 unspecified atom stereocenters. The predicted octanol–water partition coefficient (Wildman–Crippen LogP) is 3.48. The molecule has 0 aliphatic carbocycles. The molecule has 1 aliphatic rings. The molecule has 6 heteroatoms. The van der Waals surface area contributed by atoms with Crippen molar-refractivity contribution in [1.29, 1.82) is 0 Å². The lowest BCUT2D eigenvalue weighted by Gasteiger charge is -2.33. The summed E-state index contributed by atoms with van der Waals surface area (Å²) in [6, 6.07) is 5.13. The highest BCUT2D eigenvalue weighted by Gasteiger charge is 2.39. The van der Waals surface area contributed by atoms with Gasteiger partial charge in [0.15, 0.2) is 0 Å². The van der Waals surface area contributed by atoms with E-state index < -0.39 is 6.04 Å². The maximum Gasteiger partial charge on any atom is 0.250 e. The second kappa shape index (κ2) is 6.08. The molecule has 1 atom stereocenters. The Bertz CT molecular complexity index is 561. The summed E-state index contributed by atoms with van der Waals surface area (Å²) in [5.74, 6) is -0.171. The van der Waals surface area contributed by atoms with E-state index in [0.29, 0.717) is 13.0 Å². The van der Waals surface area contributed by atoms with Crippen molar-refractivity contribution in [2.45, 2.75) is 33.2 Å². The zero-order valence-electron chi connectivity index (χ0n) is 12.2. The molecule has 0 saturated carbocycles. The van der Waals surface area contributed by atoms with E-state index in [9.17, 15) is 9.59 Å². The normalized spacial score (nSPS) is 20.2. The highest BCUT2D eigenvalue weighted by atomic mass is 79.9. The van der Waals surface area contributed by atoms with Crippen molar-refractivity contribution in [2.24, 2.45) is 5.41 Å². The van der Waals surface area contributed by atoms with Crippen molar-refractivity contribution in [2.75, 3.05) is 11.4 Å². The zero-order chi connectivity index (χ0) is 15.8. The molecule has 0 spiro atoms. The minimum Gasteiger partial charge on any atom is -0.344 e. The van der Waals surface area contributed by atoms with Gasteiger partial charge in [0.05, 0.1) is 5.69 Å². The van der Waals surface area contributed by atoms with Crippen LogP contribution in [0, 0.1) is 5.41 Å². The van der Waals surface area contributed by atoms with Crippen LogP contribution in [0.4, 0.5) is 5.69 Å². The summed E-state index contributed by atoms with van der Waals surface area (Å²) < 4.78 is 1.65. The number of rotatable bonds is 1. The van der Waals surface area contributed by atoms with Gasteiger partial charge < -0.3 is 10.2 Å². The number of benzene rings is 1. The molecule has 0 bridgehead atoms. The number of nitrogens with one attached hydrogen (secondary N) is 1. The molecule has 21 heavy (non-hydrogen) atoms. The Balaban J connectivity index is 2.48. The number of nitrogens with zero attached hydrogens (tertiary/aromatic N) is 1. The quantitative estimate of drug-likeness (QED) is 0.760. The second-order valence-electron chi connectivity index (χ2n) is 6.18. The van der Waals surface area contributed by atoms with E-state index in [-0.39, 0.29) is 17.2 Å². The van der Waals surface area contributed by atoms with Gasteiger partial charge in [-0.1, -0.05) is 26.8 Å². The van der Waals surface area contributed by atoms with Crippen LogP contribution in [-0.2, 0) is 9.59 Å². The van der Waals surface area contributed by atoms with Gasteiger partial charge in [0.1, 0.15) is 6.04 Å². The number of hydrogen-bond donors (Lipinski definition) is 1. The molecule has 1 aliphatic heterocycles. The SMILES string of the molecule is CC(C)(C)C1NC(=O)CCN(c2c(Br)cccc2Br)C1=O. The third-order valence-corrected chi connectivity index (χ3v) is 4.73. The first-order valence-corrected chi connectivity index (χ1v) is 8.35. The number of carbonyl (C=O) groups is 2. The summed E-state index contributed by atoms with van der Waals surface area (Å²) in [5, 5.41) is 2.85. The summed E-state index contributed by atoms with van der Waals surface area (Å²) in [5.41, 5.74) is 0.427. The van der Waals surface area contributed by atoms with Gasteiger partial charge in [-0.15, -0.1) is 0 Å². The van der Waals surface area contributed by atoms with Crippen LogP contribution in [0.2, 0.25) is 0 Å². The minimum atomic E-state index is -0.536. The summed E-state index contributed by atoms with van der Waals surface area (Å²) in [7, 11) is 0. The fraction of sp³-hybridized carbons (Fsp3) is 0.467. The molecule has 1 aromatic carbocycles. The van der Waals surface area contributed by atoms with Crippen molar-refractivity contribution in [3.05, 3.63) is 27.1 Å². The molecule has 1 fully saturated rings. The van der Waals surface area contributed by atoms with Gasteiger partial charge in [-0.2, -0.15) is 0 Å². The number of halogens is 2. The van der Waals surface area contributed by atoms with Crippen LogP contribution in [0.15, 0.2) is 27.1 Å². The van der Waals surface area contributed by atoms with Crippen molar-refractivity contribution in [3.8, 4) is 0 Å². The van der Waals surface area contributed by atoms with Gasteiger partial charge in [0, 0.05) is 21.9 Å². The average molecular weight is 418 g/mol. The van der Waals surface area contributed by atoms with E-state index >= 15 is 0 Å². The number of amides is 2. The lowest BCUT2D eigenvalue weighted by atomic mass is 9.86. The molecule has 2 amide bonds. The minimum absolute atomic E-state index is 0.0825. The van der Waals surface area contributed by atoms with Crippen LogP contribution in [0.3, 0.4) is 0 Å². The molecule has 0 aromatic heterocycles. The Morgan fingerprint density at radius 3 is 2.29 bits per heavy atom. The molecular formula is C15H18Br2N2O2. The smallest absolute Gasteiger partial charge is 0.250 e. The van der Waals surface area contributed by atoms with Gasteiger partial charge in [-0.3, -0.25) is 9.59 Å². The van der Waals surface area contributed by atoms with E-state index in [1.54, 1.807) is 4.90 Å². The largest absolute Gasteiger partial charge is 0.344 e. The topological polar surface area (TPSA) is 49.4 Å². The molecular weight excluding hydrogens is 400 g/mol. The molecule has 1 heterocycles. The van der Waals surface area contributed by atoms with Gasteiger partial charge in [0.25, 0.3) is 0 Å². The van der Waals surface area contributed by atoms with Crippen LogP contribution >= 0.6 is 31.9 Å². The molecule has 1 N–H and O–H groups in total. The number of anilines is 1. The Labute approximate surface area is 141 Å². The van der Waals surface area contributed by atoms with Gasteiger partial charge in [-0.25, -0.2) is 0 Å². The van der Waals surface area contributed by atoms with Crippen molar-refractivity contribution < 1.29 is 9.59 Å². The van der Waals surface area contributed by atoms with Crippen LogP contribution in [0.1, 0.15) is 27.2 Å². The monoisotopic (exact) mass is 416 g/mol. The van der Waals surface area contributed by atoms with E-state index in [4.69, 9.17) is 0 Å². The third-order valence-electron chi connectivity index (χ3n) is 3.45. The first-order chi connectivity index (χ1) is 9.71. The first kappa shape index (κ1) is 16.5. The second-order valence-corrected chi connectivity index (χ2v) is 7.89. The number of para-hydroxylation sites is 1. The van der Waals surface area contributed by atoms with E-state index in [2.05, 4.69) is 37.2 Å². The van der Waals surface area contributed by atoms with Crippen LogP contribution in [0.25, 0.3) is 0 Å². The number of carbonyl (C=O) groups excluding carboxylic acids is 2. The van der Waals surface area contributed by atoms with E-state index in [1.165, 1.54) is 0 Å². The van der Waals surface area contributed by atoms with Crippen LogP contribution in [-0.4, -0.2) is 24.4 Å². The summed E-state index contributed by atoms with van der Waals surface area (Å²) in [6.07, 6.45) is 0.298. The van der Waals surface area contributed by atoms with Gasteiger partial charge >= 0.3 is 0 Å². The fourth-order valence-corrected chi connectivity index (χ4v) is 3.76. The summed E-state index contributed by atoms with van der Waals surface area (Å²) in [4.78, 5) is 26.5. The Hall–Kier alpha value is -0.880. The average Bonchev–Trinajstić information content (AvgIpc) is 2.50. The van der Waals surface area contributed by atoms with Gasteiger partial charge in [-0.05, 0) is 49.4 Å². The third kappa shape index (κ3) is 3.48. The Kier molecular flexibility index (Phi) is 4.78. The molecule has 0 radical (unpaired) electrons. The highest BCUT2D eigenvalue weighted by Crippen LogP contribution is 2.36. The van der Waals surface area contributed by atoms with Crippen molar-refractivity contribution >= 4 is 49.4 Å². The zero-order valence-corrected chi connectivity index (χ0v) is 15.4. The van der Waals surface area contributed by atoms with Crippen LogP contribution in [0.5, 0.6) is 0 Å². The summed E-state index contributed by atoms with van der Waals surface area (Å²) in [6.45, 7) is 6.23. The predicted molar refractivity (Wildman–Crippen MR) is 90.2 cm³/mol. The van der Waals surface area contributed by atoms with E-state index in [0.717, 1.165) is 14.6 Å². The molecule has 4 nitrogen and oxygen atoms in total. The Morgan fingerprint density at radius 1 is 1.19 bits per heavy atom. The molecule has 1 saturated heterocycles. The first-order valence-electron chi connectivity index (χ1n) is 6.76. The lowest BCUT2D eigenvalue weighted by molar-refractivity contribution is -0.127. The van der Waals surface area contributed by atoms with E-state index in [1.807, 2.05) is 39.0 Å². The van der Waals surface area contributed by atoms with Gasteiger partial charge in [0.2, 0.25) is 11.8 Å². The Morgan fingerprint density at radius 2 is 1.76 bits per heavy atom. The fourth-order valence-electron chi connectivity index (χ4n) is 2.33. The van der Waals surface area contributed by atoms with Crippen LogP contribution < -0.4 is 10.2 Å². The van der Waals surface area contributed by atoms with Crippen molar-refractivity contribution in [3.63, 3.8) is 0 Å². The lowest BCUT2D eigenvalue weighted by Crippen LogP contribution is -2.52.